The molecule has 0 nitrogen and oxygen atoms in total. The number of unbranched alkanes of at least 4 members (excludes halogenated alkanes) is 22. The van der Waals surface area contributed by atoms with Crippen molar-refractivity contribution in [1.82, 2.24) is 0 Å². The quantitative estimate of drug-likeness (QED) is 0.101. The normalized spacial score (nSPS) is 12.6. The van der Waals surface area contributed by atoms with Crippen LogP contribution < -0.4 is 0 Å². The van der Waals surface area contributed by atoms with E-state index in [9.17, 15) is 0 Å². The molecule has 0 heterocycles. The van der Waals surface area contributed by atoms with Gasteiger partial charge in [0, 0.05) is 0 Å². The number of hydrogen-bond donors (Lipinski definition) is 0. The molecule has 0 aromatic carbocycles. The second kappa shape index (κ2) is 28.2. The molecule has 0 aliphatic rings. The van der Waals surface area contributed by atoms with Gasteiger partial charge in [0.25, 0.3) is 0 Å². The van der Waals surface area contributed by atoms with E-state index < -0.39 is 0 Å². The third kappa shape index (κ3) is 30.0. The molecule has 1 unspecified atom stereocenters. The summed E-state index contributed by atoms with van der Waals surface area (Å²) in [6.07, 6.45) is 39.8. The molecule has 0 heteroatoms. The monoisotopic (exact) mass is 465 g/mol. The Morgan fingerprint density at radius 2 is 0.545 bits per heavy atom. The maximum Gasteiger partial charge on any atom is -0.0443 e. The minimum Gasteiger partial charge on any atom is -0.0654 e. The molecule has 0 aromatic heterocycles. The molecule has 0 saturated carbocycles. The van der Waals surface area contributed by atoms with Gasteiger partial charge in [0.05, 0.1) is 0 Å². The lowest BCUT2D eigenvalue weighted by molar-refractivity contribution is 0.429. The Kier molecular flexibility index (Phi) is 28.2. The molecule has 0 amide bonds. The van der Waals surface area contributed by atoms with Crippen LogP contribution in [-0.2, 0) is 0 Å². The highest BCUT2D eigenvalue weighted by molar-refractivity contribution is 4.56. The number of rotatable bonds is 28. The molecule has 0 aromatic rings. The van der Waals surface area contributed by atoms with Crippen molar-refractivity contribution < 1.29 is 0 Å². The molecule has 0 spiro atoms. The first-order chi connectivity index (χ1) is 16.2. The summed E-state index contributed by atoms with van der Waals surface area (Å²) >= 11 is 0. The van der Waals surface area contributed by atoms with Crippen LogP contribution in [0, 0.1) is 11.8 Å². The second-order valence-electron chi connectivity index (χ2n) is 12.0. The lowest BCUT2D eigenvalue weighted by Crippen LogP contribution is -1.95. The molecular weight excluding hydrogens is 396 g/mol. The van der Waals surface area contributed by atoms with Gasteiger partial charge < -0.3 is 0 Å². The van der Waals surface area contributed by atoms with Crippen LogP contribution in [0.25, 0.3) is 0 Å². The molecule has 0 bridgehead atoms. The lowest BCUT2D eigenvalue weighted by atomic mass is 9.95. The summed E-state index contributed by atoms with van der Waals surface area (Å²) in [7, 11) is 0. The van der Waals surface area contributed by atoms with Gasteiger partial charge in [-0.2, -0.15) is 0 Å². The summed E-state index contributed by atoms with van der Waals surface area (Å²) in [4.78, 5) is 0. The van der Waals surface area contributed by atoms with Crippen molar-refractivity contribution in [1.29, 1.82) is 0 Å². The largest absolute Gasteiger partial charge is 0.0654 e. The van der Waals surface area contributed by atoms with Crippen molar-refractivity contribution in [2.45, 2.75) is 201 Å². The molecule has 200 valence electrons. The van der Waals surface area contributed by atoms with Gasteiger partial charge in [0.2, 0.25) is 0 Å². The first-order valence-corrected chi connectivity index (χ1v) is 16.2. The summed E-state index contributed by atoms with van der Waals surface area (Å²) in [5.41, 5.74) is 0. The van der Waals surface area contributed by atoms with E-state index in [1.807, 2.05) is 0 Å². The zero-order valence-corrected chi connectivity index (χ0v) is 24.2. The molecule has 1 atom stereocenters. The van der Waals surface area contributed by atoms with Crippen molar-refractivity contribution in [2.24, 2.45) is 11.8 Å². The van der Waals surface area contributed by atoms with E-state index in [2.05, 4.69) is 27.7 Å². The van der Waals surface area contributed by atoms with Gasteiger partial charge in [-0.15, -0.1) is 0 Å². The van der Waals surface area contributed by atoms with E-state index in [0.29, 0.717) is 0 Å². The summed E-state index contributed by atoms with van der Waals surface area (Å²) < 4.78 is 0. The predicted molar refractivity (Wildman–Crippen MR) is 154 cm³/mol. The highest BCUT2D eigenvalue weighted by Gasteiger charge is 2.02. The van der Waals surface area contributed by atoms with Crippen LogP contribution in [0.3, 0.4) is 0 Å². The van der Waals surface area contributed by atoms with Crippen molar-refractivity contribution in [3.63, 3.8) is 0 Å². The van der Waals surface area contributed by atoms with Crippen LogP contribution in [0.15, 0.2) is 0 Å². The van der Waals surface area contributed by atoms with Crippen LogP contribution in [0.2, 0.25) is 0 Å². The molecule has 0 radical (unpaired) electrons. The minimum absolute atomic E-state index is 0.896. The van der Waals surface area contributed by atoms with Crippen LogP contribution in [0.5, 0.6) is 0 Å². The Morgan fingerprint density at radius 3 is 0.818 bits per heavy atom. The smallest absolute Gasteiger partial charge is 0.0443 e. The maximum atomic E-state index is 2.50. The maximum absolute atomic E-state index is 2.50. The van der Waals surface area contributed by atoms with E-state index in [4.69, 9.17) is 0 Å². The fourth-order valence-electron chi connectivity index (χ4n) is 5.29. The molecule has 0 aliphatic carbocycles. The number of hydrogen-bond acceptors (Lipinski definition) is 0. The Hall–Kier alpha value is 0. The van der Waals surface area contributed by atoms with Crippen molar-refractivity contribution in [2.75, 3.05) is 0 Å². The molecular formula is C33H68. The van der Waals surface area contributed by atoms with Crippen LogP contribution in [0.4, 0.5) is 0 Å². The SMILES string of the molecule is CCCCCCCCCCCCC(C)CCCCCCCCCCCCCCCCC(C)C. The Morgan fingerprint density at radius 1 is 0.303 bits per heavy atom. The van der Waals surface area contributed by atoms with Crippen molar-refractivity contribution in [3.8, 4) is 0 Å². The first kappa shape index (κ1) is 33.0. The molecule has 0 aliphatic heterocycles. The van der Waals surface area contributed by atoms with Crippen molar-refractivity contribution >= 4 is 0 Å². The summed E-state index contributed by atoms with van der Waals surface area (Å²) in [6.45, 7) is 9.50. The van der Waals surface area contributed by atoms with Gasteiger partial charge in [-0.25, -0.2) is 0 Å². The lowest BCUT2D eigenvalue weighted by Gasteiger charge is -2.11. The molecule has 0 N–H and O–H groups in total. The van der Waals surface area contributed by atoms with E-state index in [1.165, 1.54) is 173 Å². The third-order valence-corrected chi connectivity index (χ3v) is 7.78. The van der Waals surface area contributed by atoms with E-state index in [1.54, 1.807) is 0 Å². The van der Waals surface area contributed by atoms with E-state index in [-0.39, 0.29) is 0 Å². The molecule has 33 heavy (non-hydrogen) atoms. The van der Waals surface area contributed by atoms with E-state index >= 15 is 0 Å². The molecule has 0 rings (SSSR count). The van der Waals surface area contributed by atoms with Gasteiger partial charge in [0.1, 0.15) is 0 Å². The Balaban J connectivity index is 3.13. The fraction of sp³-hybridized carbons (Fsp3) is 1.00. The topological polar surface area (TPSA) is 0 Å². The van der Waals surface area contributed by atoms with Gasteiger partial charge in [-0.1, -0.05) is 201 Å². The average molecular weight is 465 g/mol. The standard InChI is InChI=1S/C33H68/c1-5-6-7-8-9-10-18-21-24-27-30-33(4)31-28-25-22-19-16-14-12-11-13-15-17-20-23-26-29-32(2)3/h32-33H,5-31H2,1-4H3. The van der Waals surface area contributed by atoms with Gasteiger partial charge in [-0.3, -0.25) is 0 Å². The zero-order chi connectivity index (χ0) is 24.2. The highest BCUT2D eigenvalue weighted by Crippen LogP contribution is 2.19. The van der Waals surface area contributed by atoms with Crippen LogP contribution >= 0.6 is 0 Å². The molecule has 0 fully saturated rings. The molecule has 0 saturated heterocycles. The third-order valence-electron chi connectivity index (χ3n) is 7.78. The highest BCUT2D eigenvalue weighted by atomic mass is 14.1. The van der Waals surface area contributed by atoms with Crippen molar-refractivity contribution in [3.05, 3.63) is 0 Å². The zero-order valence-electron chi connectivity index (χ0n) is 24.2. The second-order valence-corrected chi connectivity index (χ2v) is 12.0. The van der Waals surface area contributed by atoms with Gasteiger partial charge >= 0.3 is 0 Å². The fourth-order valence-corrected chi connectivity index (χ4v) is 5.29. The Bertz CT molecular complexity index is 331. The van der Waals surface area contributed by atoms with Gasteiger partial charge in [0.15, 0.2) is 0 Å². The van der Waals surface area contributed by atoms with Crippen LogP contribution in [0.1, 0.15) is 201 Å². The summed E-state index contributed by atoms with van der Waals surface area (Å²) in [6, 6.07) is 0. The van der Waals surface area contributed by atoms with Crippen LogP contribution in [-0.4, -0.2) is 0 Å². The Labute approximate surface area is 212 Å². The minimum atomic E-state index is 0.896. The summed E-state index contributed by atoms with van der Waals surface area (Å²) in [5, 5.41) is 0. The summed E-state index contributed by atoms with van der Waals surface area (Å²) in [5.74, 6) is 1.86. The first-order valence-electron chi connectivity index (χ1n) is 16.2. The average Bonchev–Trinajstić information content (AvgIpc) is 2.79. The predicted octanol–water partition coefficient (Wildman–Crippen LogP) is 12.8. The van der Waals surface area contributed by atoms with Gasteiger partial charge in [-0.05, 0) is 11.8 Å². The van der Waals surface area contributed by atoms with E-state index in [0.717, 1.165) is 11.8 Å².